The van der Waals surface area contributed by atoms with Crippen molar-refractivity contribution in [3.63, 3.8) is 0 Å². The summed E-state index contributed by atoms with van der Waals surface area (Å²) in [5.41, 5.74) is 0. The van der Waals surface area contributed by atoms with Crippen LogP contribution in [0.1, 0.15) is 20.8 Å². The summed E-state index contributed by atoms with van der Waals surface area (Å²) < 4.78 is 41.7. The molecule has 0 fully saturated rings. The van der Waals surface area contributed by atoms with Crippen molar-refractivity contribution in [2.75, 3.05) is 112 Å². The Morgan fingerprint density at radius 2 is 0.925 bits per heavy atom. The standard InChI is InChI=1S/C14H30O8.C9H20O4.C3H4O2/c15-1-3-17-5-7-19-9-11-21-13-14-22-12-10-20-8-6-18-4-2-16;1-7(11)5-12-9(3)6-13-8(2)4-10;1-2-3(4)5/h15-16H,1-14H2;7-11H,4-6H2,1-3H3;2H,1H2,(H,4,5). The minimum Gasteiger partial charge on any atom is -0.478 e. The summed E-state index contributed by atoms with van der Waals surface area (Å²) in [7, 11) is 0. The van der Waals surface area contributed by atoms with E-state index in [-0.39, 0.29) is 32.0 Å². The lowest BCUT2D eigenvalue weighted by molar-refractivity contribution is -0.131. The number of carboxylic acids is 1. The van der Waals surface area contributed by atoms with Crippen LogP contribution in [0.15, 0.2) is 12.7 Å². The molecule has 0 rings (SSSR count). The molecule has 0 aliphatic rings. The summed E-state index contributed by atoms with van der Waals surface area (Å²) in [6, 6.07) is 0. The van der Waals surface area contributed by atoms with E-state index in [0.717, 1.165) is 6.08 Å². The Balaban J connectivity index is -0.000000638. The largest absolute Gasteiger partial charge is 0.478 e. The molecule has 40 heavy (non-hydrogen) atoms. The second-order valence-electron chi connectivity index (χ2n) is 7.98. The molecule has 242 valence electrons. The van der Waals surface area contributed by atoms with Crippen LogP contribution in [-0.4, -0.2) is 162 Å². The maximum atomic E-state index is 9.25. The van der Waals surface area contributed by atoms with Crippen molar-refractivity contribution in [2.45, 2.75) is 39.1 Å². The lowest BCUT2D eigenvalue weighted by Gasteiger charge is -2.16. The summed E-state index contributed by atoms with van der Waals surface area (Å²) in [6.07, 6.45) is 0.180. The van der Waals surface area contributed by atoms with Crippen molar-refractivity contribution in [1.82, 2.24) is 0 Å². The van der Waals surface area contributed by atoms with Gasteiger partial charge in [0.15, 0.2) is 0 Å². The Bertz CT molecular complexity index is 476. The fraction of sp³-hybridized carbons (Fsp3) is 0.885. The SMILES string of the molecule is C=CC(=O)O.CC(O)COC(C)COC(C)CO.OCCOCCOCCOCCOCCOCCOCCO. The molecule has 0 saturated heterocycles. The number of rotatable bonds is 27. The lowest BCUT2D eigenvalue weighted by Crippen LogP contribution is -2.24. The second kappa shape index (κ2) is 37.7. The lowest BCUT2D eigenvalue weighted by atomic mass is 10.4. The minimum atomic E-state index is -0.981. The molecule has 0 aromatic rings. The number of aliphatic carboxylic acids is 1. The van der Waals surface area contributed by atoms with E-state index in [1.807, 2.05) is 6.92 Å². The summed E-state index contributed by atoms with van der Waals surface area (Å²) in [6.45, 7) is 14.9. The molecule has 14 heteroatoms. The maximum Gasteiger partial charge on any atom is 0.327 e. The normalized spacial score (nSPS) is 12.9. The first kappa shape index (κ1) is 43.2. The van der Waals surface area contributed by atoms with Crippen molar-refractivity contribution in [3.05, 3.63) is 12.7 Å². The number of hydrogen-bond acceptors (Lipinski definition) is 13. The average molecular weight is 591 g/mol. The topological polar surface area (TPSA) is 192 Å². The van der Waals surface area contributed by atoms with Gasteiger partial charge in [-0.1, -0.05) is 6.58 Å². The maximum absolute atomic E-state index is 9.25. The van der Waals surface area contributed by atoms with Gasteiger partial charge in [-0.2, -0.15) is 0 Å². The summed E-state index contributed by atoms with van der Waals surface area (Å²) in [4.78, 5) is 9.25. The third-order valence-corrected chi connectivity index (χ3v) is 4.00. The molecule has 0 amide bonds. The fourth-order valence-corrected chi connectivity index (χ4v) is 2.03. The highest BCUT2D eigenvalue weighted by molar-refractivity contribution is 5.78. The van der Waals surface area contributed by atoms with Crippen LogP contribution >= 0.6 is 0 Å². The number of carbonyl (C=O) groups is 1. The van der Waals surface area contributed by atoms with Gasteiger partial charge in [0.1, 0.15) is 0 Å². The Kier molecular flexibility index (Phi) is 40.7. The van der Waals surface area contributed by atoms with Crippen LogP contribution in [0.5, 0.6) is 0 Å². The van der Waals surface area contributed by atoms with Gasteiger partial charge < -0.3 is 63.4 Å². The summed E-state index contributed by atoms with van der Waals surface area (Å²) in [5, 5.41) is 42.1. The summed E-state index contributed by atoms with van der Waals surface area (Å²) in [5.74, 6) is -0.981. The molecule has 0 heterocycles. The first-order chi connectivity index (χ1) is 19.2. The third kappa shape index (κ3) is 46.6. The number of aliphatic hydroxyl groups is 4. The van der Waals surface area contributed by atoms with Crippen LogP contribution in [0.4, 0.5) is 0 Å². The van der Waals surface area contributed by atoms with Crippen LogP contribution in [-0.2, 0) is 42.7 Å². The highest BCUT2D eigenvalue weighted by atomic mass is 16.6. The number of aliphatic hydroxyl groups excluding tert-OH is 4. The monoisotopic (exact) mass is 590 g/mol. The van der Waals surface area contributed by atoms with Crippen LogP contribution in [0.2, 0.25) is 0 Å². The first-order valence-electron chi connectivity index (χ1n) is 13.3. The Morgan fingerprint density at radius 3 is 1.18 bits per heavy atom. The van der Waals surface area contributed by atoms with E-state index in [2.05, 4.69) is 6.58 Å². The van der Waals surface area contributed by atoms with E-state index < -0.39 is 12.1 Å². The van der Waals surface area contributed by atoms with E-state index in [1.54, 1.807) is 13.8 Å². The molecule has 3 unspecified atom stereocenters. The molecule has 0 aromatic carbocycles. The molecule has 0 bridgehead atoms. The van der Waals surface area contributed by atoms with E-state index in [4.69, 9.17) is 63.4 Å². The molecule has 0 aromatic heterocycles. The van der Waals surface area contributed by atoms with Crippen molar-refractivity contribution in [2.24, 2.45) is 0 Å². The Morgan fingerprint density at radius 1 is 0.625 bits per heavy atom. The molecule has 0 spiro atoms. The van der Waals surface area contributed by atoms with Gasteiger partial charge in [0.05, 0.1) is 131 Å². The summed E-state index contributed by atoms with van der Waals surface area (Å²) >= 11 is 0. The molecule has 0 radical (unpaired) electrons. The van der Waals surface area contributed by atoms with Crippen molar-refractivity contribution in [1.29, 1.82) is 0 Å². The van der Waals surface area contributed by atoms with Gasteiger partial charge in [0, 0.05) is 6.08 Å². The molecule has 3 atom stereocenters. The molecule has 0 aliphatic carbocycles. The quantitative estimate of drug-likeness (QED) is 0.0607. The molecule has 0 saturated carbocycles. The Labute approximate surface area is 238 Å². The fourth-order valence-electron chi connectivity index (χ4n) is 2.03. The predicted octanol–water partition coefficient (Wildman–Crippen LogP) is -0.503. The van der Waals surface area contributed by atoms with Crippen LogP contribution in [0, 0.1) is 0 Å². The van der Waals surface area contributed by atoms with Gasteiger partial charge in [-0.15, -0.1) is 0 Å². The molecule has 0 aliphatic heterocycles. The molecule has 14 nitrogen and oxygen atoms in total. The van der Waals surface area contributed by atoms with Crippen LogP contribution < -0.4 is 0 Å². The average Bonchev–Trinajstić information content (AvgIpc) is 2.94. The van der Waals surface area contributed by atoms with E-state index in [0.29, 0.717) is 92.5 Å². The van der Waals surface area contributed by atoms with E-state index in [1.165, 1.54) is 0 Å². The second-order valence-corrected chi connectivity index (χ2v) is 7.98. The van der Waals surface area contributed by atoms with Gasteiger partial charge in [-0.25, -0.2) is 4.79 Å². The van der Waals surface area contributed by atoms with Gasteiger partial charge >= 0.3 is 5.97 Å². The molecular weight excluding hydrogens is 536 g/mol. The van der Waals surface area contributed by atoms with Crippen molar-refractivity contribution >= 4 is 5.97 Å². The van der Waals surface area contributed by atoms with Gasteiger partial charge in [0.2, 0.25) is 0 Å². The van der Waals surface area contributed by atoms with Gasteiger partial charge in [0.25, 0.3) is 0 Å². The predicted molar refractivity (Wildman–Crippen MR) is 147 cm³/mol. The van der Waals surface area contributed by atoms with Crippen molar-refractivity contribution in [3.8, 4) is 0 Å². The van der Waals surface area contributed by atoms with Crippen LogP contribution in [0.3, 0.4) is 0 Å². The zero-order valence-corrected chi connectivity index (χ0v) is 24.4. The van der Waals surface area contributed by atoms with Crippen molar-refractivity contribution < 1.29 is 68.2 Å². The van der Waals surface area contributed by atoms with Crippen LogP contribution in [0.25, 0.3) is 0 Å². The smallest absolute Gasteiger partial charge is 0.327 e. The zero-order chi connectivity index (χ0) is 30.7. The van der Waals surface area contributed by atoms with Gasteiger partial charge in [-0.05, 0) is 20.8 Å². The number of ether oxygens (including phenoxy) is 8. The Hall–Kier alpha value is -1.27. The minimum absolute atomic E-state index is 0.0170. The zero-order valence-electron chi connectivity index (χ0n) is 24.4. The number of carboxylic acid groups (broad SMARTS) is 1. The number of hydrogen-bond donors (Lipinski definition) is 5. The molecular formula is C26H54O14. The van der Waals surface area contributed by atoms with E-state index >= 15 is 0 Å². The highest BCUT2D eigenvalue weighted by Gasteiger charge is 2.07. The van der Waals surface area contributed by atoms with E-state index in [9.17, 15) is 4.79 Å². The molecule has 5 N–H and O–H groups in total. The van der Waals surface area contributed by atoms with Gasteiger partial charge in [-0.3, -0.25) is 0 Å². The first-order valence-corrected chi connectivity index (χ1v) is 13.3. The third-order valence-electron chi connectivity index (χ3n) is 4.00. The highest BCUT2D eigenvalue weighted by Crippen LogP contribution is 1.97.